The van der Waals surface area contributed by atoms with E-state index >= 15 is 0 Å². The molecule has 206 valence electrons. The van der Waals surface area contributed by atoms with Crippen LogP contribution < -0.4 is 4.90 Å². The molecule has 7 nitrogen and oxygen atoms in total. The van der Waals surface area contributed by atoms with E-state index in [4.69, 9.17) is 4.74 Å². The summed E-state index contributed by atoms with van der Waals surface area (Å²) in [5.74, 6) is -1.07. The number of nitrogens with zero attached hydrogens (tertiary/aromatic N) is 1. The summed E-state index contributed by atoms with van der Waals surface area (Å²) in [5.41, 5.74) is 2.94. The molecule has 0 aliphatic carbocycles. The molecule has 39 heavy (non-hydrogen) atoms. The molecule has 9 heteroatoms. The van der Waals surface area contributed by atoms with Crippen LogP contribution in [0, 0.1) is 17.6 Å². The minimum atomic E-state index is -1.48. The van der Waals surface area contributed by atoms with Gasteiger partial charge in [-0.3, -0.25) is 4.79 Å². The first-order chi connectivity index (χ1) is 18.8. The van der Waals surface area contributed by atoms with Crippen LogP contribution in [0.2, 0.25) is 0 Å². The van der Waals surface area contributed by atoms with Crippen LogP contribution in [0.4, 0.5) is 14.5 Å². The first-order valence-electron chi connectivity index (χ1n) is 13.0. The number of anilines is 1. The SMILES string of the molecule is O=C1C(CCCc2ccc(F)cc2)C(c2ccc([C@@H]3O[C@H](CO)[C@@H](O)[C@H](O)[C@H]3O)cc2)N1c1ccc(F)cc1. The van der Waals surface area contributed by atoms with Gasteiger partial charge in [0, 0.05) is 5.69 Å². The van der Waals surface area contributed by atoms with Gasteiger partial charge in [0.2, 0.25) is 5.91 Å². The number of hydrogen-bond acceptors (Lipinski definition) is 6. The van der Waals surface area contributed by atoms with Gasteiger partial charge in [0.1, 0.15) is 42.2 Å². The Labute approximate surface area is 224 Å². The highest BCUT2D eigenvalue weighted by molar-refractivity contribution is 6.03. The molecule has 5 rings (SSSR count). The molecule has 2 fully saturated rings. The molecule has 7 atom stereocenters. The van der Waals surface area contributed by atoms with Crippen molar-refractivity contribution in [3.8, 4) is 0 Å². The number of benzene rings is 3. The second-order valence-electron chi connectivity index (χ2n) is 10.2. The molecule has 0 saturated carbocycles. The second-order valence-corrected chi connectivity index (χ2v) is 10.2. The molecule has 3 aromatic rings. The minimum absolute atomic E-state index is 0.0660. The summed E-state index contributed by atoms with van der Waals surface area (Å²) >= 11 is 0. The fraction of sp³-hybridized carbons (Fsp3) is 0.367. The topological polar surface area (TPSA) is 110 Å². The zero-order chi connectivity index (χ0) is 27.7. The summed E-state index contributed by atoms with van der Waals surface area (Å²) in [6.07, 6.45) is -4.27. The Bertz CT molecular complexity index is 1270. The molecule has 0 bridgehead atoms. The van der Waals surface area contributed by atoms with Gasteiger partial charge in [-0.2, -0.15) is 0 Å². The molecule has 4 N–H and O–H groups in total. The lowest BCUT2D eigenvalue weighted by molar-refractivity contribution is -0.231. The summed E-state index contributed by atoms with van der Waals surface area (Å²) < 4.78 is 32.5. The molecule has 0 aromatic heterocycles. The van der Waals surface area contributed by atoms with Crippen molar-refractivity contribution in [2.75, 3.05) is 11.5 Å². The van der Waals surface area contributed by atoms with Gasteiger partial charge in [0.15, 0.2) is 0 Å². The standard InChI is InChI=1S/C30H31F2NO6/c31-20-10-4-17(5-11-20)2-1-3-23-25(33(30(23)38)22-14-12-21(32)13-15-22)18-6-8-19(9-7-18)29-28(37)27(36)26(35)24(16-34)39-29/h4-15,23-29,34-37H,1-3,16H2/t23?,24-,25?,26-,27+,28-,29+/m1/s1. The zero-order valence-electron chi connectivity index (χ0n) is 21.1. The predicted octanol–water partition coefficient (Wildman–Crippen LogP) is 3.21. The summed E-state index contributed by atoms with van der Waals surface area (Å²) in [6, 6.07) is 18.8. The minimum Gasteiger partial charge on any atom is -0.394 e. The van der Waals surface area contributed by atoms with E-state index in [9.17, 15) is 34.0 Å². The molecule has 2 saturated heterocycles. The Hall–Kier alpha value is -3.21. The lowest BCUT2D eigenvalue weighted by Crippen LogP contribution is -2.55. The third-order valence-corrected chi connectivity index (χ3v) is 7.71. The number of carbonyl (C=O) groups excluding carboxylic acids is 1. The molecule has 2 unspecified atom stereocenters. The van der Waals surface area contributed by atoms with Crippen LogP contribution in [0.3, 0.4) is 0 Å². The van der Waals surface area contributed by atoms with Crippen molar-refractivity contribution in [2.45, 2.75) is 55.8 Å². The maximum absolute atomic E-state index is 13.6. The fourth-order valence-corrected chi connectivity index (χ4v) is 5.54. The molecule has 1 amide bonds. The number of carbonyl (C=O) groups is 1. The summed E-state index contributed by atoms with van der Waals surface area (Å²) in [7, 11) is 0. The molecular weight excluding hydrogens is 508 g/mol. The van der Waals surface area contributed by atoms with Crippen molar-refractivity contribution < 1.29 is 38.7 Å². The zero-order valence-corrected chi connectivity index (χ0v) is 21.1. The summed E-state index contributed by atoms with van der Waals surface area (Å²) in [6.45, 7) is -0.518. The van der Waals surface area contributed by atoms with Gasteiger partial charge in [-0.05, 0) is 72.4 Å². The number of halogens is 2. The largest absolute Gasteiger partial charge is 0.394 e. The van der Waals surface area contributed by atoms with Gasteiger partial charge >= 0.3 is 0 Å². The van der Waals surface area contributed by atoms with Gasteiger partial charge in [-0.15, -0.1) is 0 Å². The fourth-order valence-electron chi connectivity index (χ4n) is 5.54. The van der Waals surface area contributed by atoms with Crippen LogP contribution in [0.15, 0.2) is 72.8 Å². The summed E-state index contributed by atoms with van der Waals surface area (Å²) in [5, 5.41) is 40.2. The third-order valence-electron chi connectivity index (χ3n) is 7.71. The maximum Gasteiger partial charge on any atom is 0.233 e. The van der Waals surface area contributed by atoms with E-state index < -0.39 is 42.9 Å². The Morgan fingerprint density at radius 2 is 1.36 bits per heavy atom. The first kappa shape index (κ1) is 27.4. The van der Waals surface area contributed by atoms with Crippen molar-refractivity contribution in [3.05, 3.63) is 101 Å². The summed E-state index contributed by atoms with van der Waals surface area (Å²) in [4.78, 5) is 14.9. The Morgan fingerprint density at radius 1 is 0.769 bits per heavy atom. The Balaban J connectivity index is 1.36. The van der Waals surface area contributed by atoms with Crippen LogP contribution in [0.1, 0.15) is 41.7 Å². The molecule has 2 aliphatic heterocycles. The Kier molecular flexibility index (Phi) is 8.06. The Morgan fingerprint density at radius 3 is 1.97 bits per heavy atom. The molecule has 2 heterocycles. The van der Waals surface area contributed by atoms with Crippen LogP contribution in [0.5, 0.6) is 0 Å². The number of hydrogen-bond donors (Lipinski definition) is 4. The quantitative estimate of drug-likeness (QED) is 0.328. The normalized spacial score (nSPS) is 28.8. The number of aliphatic hydroxyl groups is 4. The van der Waals surface area contributed by atoms with E-state index in [0.717, 1.165) is 17.5 Å². The lowest BCUT2D eigenvalue weighted by atomic mass is 9.78. The van der Waals surface area contributed by atoms with Crippen LogP contribution in [-0.2, 0) is 16.0 Å². The number of rotatable bonds is 8. The first-order valence-corrected chi connectivity index (χ1v) is 13.0. The second kappa shape index (κ2) is 11.5. The number of β-lactam (4-membered cyclic amide) rings is 1. The number of ether oxygens (including phenoxy) is 1. The van der Waals surface area contributed by atoms with Gasteiger partial charge in [0.25, 0.3) is 0 Å². The van der Waals surface area contributed by atoms with E-state index in [0.29, 0.717) is 24.1 Å². The monoisotopic (exact) mass is 539 g/mol. The van der Waals surface area contributed by atoms with Crippen molar-refractivity contribution >= 4 is 11.6 Å². The molecule has 3 aromatic carbocycles. The maximum atomic E-state index is 13.6. The van der Waals surface area contributed by atoms with Crippen molar-refractivity contribution in [2.24, 2.45) is 5.92 Å². The highest BCUT2D eigenvalue weighted by Crippen LogP contribution is 2.46. The van der Waals surface area contributed by atoms with Gasteiger partial charge in [0.05, 0.1) is 18.6 Å². The van der Waals surface area contributed by atoms with Crippen LogP contribution in [0.25, 0.3) is 0 Å². The van der Waals surface area contributed by atoms with Gasteiger partial charge in [-0.1, -0.05) is 36.4 Å². The number of aryl methyl sites for hydroxylation is 1. The number of aliphatic hydroxyl groups excluding tert-OH is 4. The average Bonchev–Trinajstić information content (AvgIpc) is 2.95. The molecular formula is C30H31F2NO6. The van der Waals surface area contributed by atoms with Crippen molar-refractivity contribution in [3.63, 3.8) is 0 Å². The average molecular weight is 540 g/mol. The highest BCUT2D eigenvalue weighted by atomic mass is 19.1. The van der Waals surface area contributed by atoms with Crippen molar-refractivity contribution in [1.29, 1.82) is 0 Å². The smallest absolute Gasteiger partial charge is 0.233 e. The predicted molar refractivity (Wildman–Crippen MR) is 139 cm³/mol. The number of amides is 1. The van der Waals surface area contributed by atoms with E-state index in [-0.39, 0.29) is 23.7 Å². The van der Waals surface area contributed by atoms with E-state index in [1.54, 1.807) is 41.3 Å². The molecule has 0 spiro atoms. The van der Waals surface area contributed by atoms with E-state index in [1.165, 1.54) is 24.3 Å². The van der Waals surface area contributed by atoms with Crippen LogP contribution >= 0.6 is 0 Å². The van der Waals surface area contributed by atoms with Crippen molar-refractivity contribution in [1.82, 2.24) is 0 Å². The van der Waals surface area contributed by atoms with E-state index in [1.807, 2.05) is 12.1 Å². The third kappa shape index (κ3) is 5.46. The molecule has 0 radical (unpaired) electrons. The van der Waals surface area contributed by atoms with E-state index in [2.05, 4.69) is 0 Å². The van der Waals surface area contributed by atoms with Gasteiger partial charge < -0.3 is 30.1 Å². The highest BCUT2D eigenvalue weighted by Gasteiger charge is 2.48. The van der Waals surface area contributed by atoms with Crippen LogP contribution in [-0.4, -0.2) is 57.4 Å². The molecule has 2 aliphatic rings. The van der Waals surface area contributed by atoms with Gasteiger partial charge in [-0.25, -0.2) is 8.78 Å². The lowest BCUT2D eigenvalue weighted by Gasteiger charge is -2.48.